The SMILES string of the molecule is CCCCC(C)n1nnnc1C(C)NCCC. The molecule has 0 spiro atoms. The maximum Gasteiger partial charge on any atom is 0.168 e. The molecule has 1 aromatic heterocycles. The fraction of sp³-hybridized carbons (Fsp3) is 0.917. The number of hydrogen-bond donors (Lipinski definition) is 1. The van der Waals surface area contributed by atoms with Gasteiger partial charge in [-0.05, 0) is 43.7 Å². The van der Waals surface area contributed by atoms with Crippen molar-refractivity contribution in [3.8, 4) is 0 Å². The van der Waals surface area contributed by atoms with Crippen molar-refractivity contribution >= 4 is 0 Å². The standard InChI is InChI=1S/C12H25N5/c1-5-7-8-10(3)17-12(14-15-16-17)11(4)13-9-6-2/h10-11,13H,5-9H2,1-4H3. The molecule has 5 heteroatoms. The molecule has 1 heterocycles. The lowest BCUT2D eigenvalue weighted by atomic mass is 10.1. The lowest BCUT2D eigenvalue weighted by Gasteiger charge is -2.17. The third-order valence-corrected chi connectivity index (χ3v) is 3.00. The summed E-state index contributed by atoms with van der Waals surface area (Å²) in [5.74, 6) is 0.946. The quantitative estimate of drug-likeness (QED) is 0.757. The number of tetrazole rings is 1. The Morgan fingerprint density at radius 3 is 2.65 bits per heavy atom. The second-order valence-electron chi connectivity index (χ2n) is 4.65. The zero-order chi connectivity index (χ0) is 12.7. The van der Waals surface area contributed by atoms with Gasteiger partial charge in [-0.2, -0.15) is 0 Å². The molecule has 1 N–H and O–H groups in total. The first kappa shape index (κ1) is 14.1. The van der Waals surface area contributed by atoms with Gasteiger partial charge in [0.1, 0.15) is 0 Å². The van der Waals surface area contributed by atoms with E-state index in [0.717, 1.165) is 25.2 Å². The van der Waals surface area contributed by atoms with Gasteiger partial charge in [0.25, 0.3) is 0 Å². The molecule has 0 aliphatic rings. The van der Waals surface area contributed by atoms with Gasteiger partial charge in [0.15, 0.2) is 5.82 Å². The summed E-state index contributed by atoms with van der Waals surface area (Å²) >= 11 is 0. The molecule has 2 atom stereocenters. The Labute approximate surface area is 104 Å². The fourth-order valence-corrected chi connectivity index (χ4v) is 1.87. The van der Waals surface area contributed by atoms with E-state index in [2.05, 4.69) is 48.5 Å². The van der Waals surface area contributed by atoms with E-state index in [0.29, 0.717) is 6.04 Å². The number of nitrogens with zero attached hydrogens (tertiary/aromatic N) is 4. The van der Waals surface area contributed by atoms with Gasteiger partial charge in [-0.1, -0.05) is 26.7 Å². The minimum atomic E-state index is 0.217. The first-order valence-electron chi connectivity index (χ1n) is 6.71. The topological polar surface area (TPSA) is 55.6 Å². The monoisotopic (exact) mass is 239 g/mol. The molecule has 0 amide bonds. The van der Waals surface area contributed by atoms with Crippen molar-refractivity contribution in [3.05, 3.63) is 5.82 Å². The van der Waals surface area contributed by atoms with Crippen molar-refractivity contribution in [2.75, 3.05) is 6.54 Å². The van der Waals surface area contributed by atoms with E-state index < -0.39 is 0 Å². The molecule has 98 valence electrons. The number of unbranched alkanes of at least 4 members (excludes halogenated alkanes) is 1. The highest BCUT2D eigenvalue weighted by Crippen LogP contribution is 2.17. The maximum absolute atomic E-state index is 4.14. The Hall–Kier alpha value is -0.970. The van der Waals surface area contributed by atoms with Crippen LogP contribution in [0.5, 0.6) is 0 Å². The van der Waals surface area contributed by atoms with Gasteiger partial charge < -0.3 is 5.32 Å². The van der Waals surface area contributed by atoms with Crippen LogP contribution in [0.2, 0.25) is 0 Å². The zero-order valence-electron chi connectivity index (χ0n) is 11.5. The van der Waals surface area contributed by atoms with Crippen LogP contribution in [0, 0.1) is 0 Å². The lowest BCUT2D eigenvalue weighted by molar-refractivity contribution is 0.398. The highest BCUT2D eigenvalue weighted by atomic mass is 15.6. The zero-order valence-corrected chi connectivity index (χ0v) is 11.5. The summed E-state index contributed by atoms with van der Waals surface area (Å²) in [5, 5.41) is 15.5. The van der Waals surface area contributed by atoms with Crippen molar-refractivity contribution in [2.45, 2.75) is 65.5 Å². The van der Waals surface area contributed by atoms with Crippen LogP contribution in [-0.4, -0.2) is 26.8 Å². The Balaban J connectivity index is 2.63. The van der Waals surface area contributed by atoms with Crippen molar-refractivity contribution in [1.29, 1.82) is 0 Å². The largest absolute Gasteiger partial charge is 0.307 e. The van der Waals surface area contributed by atoms with Gasteiger partial charge in [0.2, 0.25) is 0 Å². The first-order chi connectivity index (χ1) is 8.20. The molecule has 0 aliphatic heterocycles. The van der Waals surface area contributed by atoms with Crippen LogP contribution in [0.25, 0.3) is 0 Å². The smallest absolute Gasteiger partial charge is 0.168 e. The van der Waals surface area contributed by atoms with Crippen molar-refractivity contribution in [3.63, 3.8) is 0 Å². The van der Waals surface area contributed by atoms with Gasteiger partial charge in [0, 0.05) is 0 Å². The molecular formula is C12H25N5. The highest BCUT2D eigenvalue weighted by molar-refractivity contribution is 4.91. The third kappa shape index (κ3) is 4.07. The van der Waals surface area contributed by atoms with Crippen LogP contribution < -0.4 is 5.32 Å². The van der Waals surface area contributed by atoms with Crippen LogP contribution in [0.4, 0.5) is 0 Å². The molecule has 2 unspecified atom stereocenters. The van der Waals surface area contributed by atoms with Crippen LogP contribution >= 0.6 is 0 Å². The van der Waals surface area contributed by atoms with Crippen molar-refractivity contribution in [1.82, 2.24) is 25.5 Å². The molecular weight excluding hydrogens is 214 g/mol. The Morgan fingerprint density at radius 1 is 1.24 bits per heavy atom. The van der Waals surface area contributed by atoms with Crippen molar-refractivity contribution < 1.29 is 0 Å². The number of rotatable bonds is 8. The Morgan fingerprint density at radius 2 is 2.00 bits per heavy atom. The molecule has 0 saturated carbocycles. The highest BCUT2D eigenvalue weighted by Gasteiger charge is 2.17. The summed E-state index contributed by atoms with van der Waals surface area (Å²) in [4.78, 5) is 0. The third-order valence-electron chi connectivity index (χ3n) is 3.00. The van der Waals surface area contributed by atoms with Crippen LogP contribution in [0.15, 0.2) is 0 Å². The van der Waals surface area contributed by atoms with Crippen LogP contribution in [-0.2, 0) is 0 Å². The number of nitrogens with one attached hydrogen (secondary N) is 1. The van der Waals surface area contributed by atoms with E-state index in [-0.39, 0.29) is 6.04 Å². The van der Waals surface area contributed by atoms with Gasteiger partial charge in [0.05, 0.1) is 12.1 Å². The summed E-state index contributed by atoms with van der Waals surface area (Å²) in [7, 11) is 0. The van der Waals surface area contributed by atoms with Gasteiger partial charge in [-0.15, -0.1) is 5.10 Å². The molecule has 0 bridgehead atoms. The molecule has 0 aromatic carbocycles. The van der Waals surface area contributed by atoms with Crippen LogP contribution in [0.1, 0.15) is 71.3 Å². The Kier molecular flexibility index (Phi) is 6.11. The lowest BCUT2D eigenvalue weighted by Crippen LogP contribution is -2.24. The fourth-order valence-electron chi connectivity index (χ4n) is 1.87. The maximum atomic E-state index is 4.14. The number of aromatic nitrogens is 4. The van der Waals surface area contributed by atoms with E-state index in [1.807, 2.05) is 4.68 Å². The summed E-state index contributed by atoms with van der Waals surface area (Å²) < 4.78 is 1.96. The minimum absolute atomic E-state index is 0.217. The second-order valence-corrected chi connectivity index (χ2v) is 4.65. The van der Waals surface area contributed by atoms with Gasteiger partial charge in [-0.3, -0.25) is 0 Å². The predicted octanol–water partition coefficient (Wildman–Crippen LogP) is 2.48. The van der Waals surface area contributed by atoms with E-state index >= 15 is 0 Å². The Bertz CT molecular complexity index is 281. The number of hydrogen-bond acceptors (Lipinski definition) is 4. The van der Waals surface area contributed by atoms with E-state index in [4.69, 9.17) is 0 Å². The molecule has 0 radical (unpaired) electrons. The van der Waals surface area contributed by atoms with Gasteiger partial charge in [-0.25, -0.2) is 4.68 Å². The summed E-state index contributed by atoms with van der Waals surface area (Å²) in [5.41, 5.74) is 0. The normalized spacial score (nSPS) is 14.8. The first-order valence-corrected chi connectivity index (χ1v) is 6.71. The summed E-state index contributed by atoms with van der Waals surface area (Å²) in [6.45, 7) is 9.66. The summed E-state index contributed by atoms with van der Waals surface area (Å²) in [6.07, 6.45) is 4.69. The van der Waals surface area contributed by atoms with Crippen LogP contribution in [0.3, 0.4) is 0 Å². The van der Waals surface area contributed by atoms with E-state index in [1.165, 1.54) is 12.8 Å². The second kappa shape index (κ2) is 7.37. The molecule has 0 aliphatic carbocycles. The van der Waals surface area contributed by atoms with Crippen molar-refractivity contribution in [2.24, 2.45) is 0 Å². The molecule has 0 saturated heterocycles. The van der Waals surface area contributed by atoms with E-state index in [9.17, 15) is 0 Å². The summed E-state index contributed by atoms with van der Waals surface area (Å²) in [6, 6.07) is 0.597. The molecule has 5 nitrogen and oxygen atoms in total. The molecule has 1 aromatic rings. The van der Waals surface area contributed by atoms with Gasteiger partial charge >= 0.3 is 0 Å². The molecule has 0 fully saturated rings. The molecule has 17 heavy (non-hydrogen) atoms. The van der Waals surface area contributed by atoms with E-state index in [1.54, 1.807) is 0 Å². The predicted molar refractivity (Wildman–Crippen MR) is 68.8 cm³/mol. The average Bonchev–Trinajstić information content (AvgIpc) is 2.82. The minimum Gasteiger partial charge on any atom is -0.307 e. The molecule has 1 rings (SSSR count). The average molecular weight is 239 g/mol.